The lowest BCUT2D eigenvalue weighted by atomic mass is 9.80. The summed E-state index contributed by atoms with van der Waals surface area (Å²) in [5, 5.41) is 6.86. The Morgan fingerprint density at radius 3 is 2.74 bits per heavy atom. The van der Waals surface area contributed by atoms with Gasteiger partial charge in [0.1, 0.15) is 5.02 Å². The number of aromatic nitrogens is 2. The topological polar surface area (TPSA) is 53.1 Å². The van der Waals surface area contributed by atoms with Gasteiger partial charge >= 0.3 is 0 Å². The van der Waals surface area contributed by atoms with Gasteiger partial charge in [0.15, 0.2) is 5.82 Å². The van der Waals surface area contributed by atoms with Gasteiger partial charge in [-0.1, -0.05) is 18.5 Å². The molecular formula is C13H22ClN5. The van der Waals surface area contributed by atoms with Crippen LogP contribution in [0.3, 0.4) is 0 Å². The second kappa shape index (κ2) is 5.92. The van der Waals surface area contributed by atoms with E-state index in [1.54, 1.807) is 13.2 Å². The smallest absolute Gasteiger partial charge is 0.224 e. The minimum atomic E-state index is 0.306. The molecule has 106 valence electrons. The van der Waals surface area contributed by atoms with E-state index < -0.39 is 0 Å². The number of nitrogens with one attached hydrogen (secondary N) is 2. The first-order valence-corrected chi connectivity index (χ1v) is 7.03. The standard InChI is InChI=1S/C13H22ClN5/c1-13(4-6-19(3)7-5-13)9-17-11-10(14)8-16-12(15-2)18-11/h8H,4-7,9H2,1-3H3,(H2,15,16,17,18). The predicted molar refractivity (Wildman–Crippen MR) is 79.9 cm³/mol. The van der Waals surface area contributed by atoms with E-state index in [1.807, 2.05) is 0 Å². The summed E-state index contributed by atoms with van der Waals surface area (Å²) < 4.78 is 0. The van der Waals surface area contributed by atoms with Crippen LogP contribution in [-0.2, 0) is 0 Å². The SMILES string of the molecule is CNc1ncc(Cl)c(NCC2(C)CCN(C)CC2)n1. The zero-order chi connectivity index (χ0) is 13.9. The molecule has 1 aliphatic heterocycles. The van der Waals surface area contributed by atoms with E-state index in [1.165, 1.54) is 12.8 Å². The van der Waals surface area contributed by atoms with E-state index in [2.05, 4.69) is 39.5 Å². The van der Waals surface area contributed by atoms with Gasteiger partial charge in [-0.15, -0.1) is 0 Å². The van der Waals surface area contributed by atoms with Crippen LogP contribution in [0.25, 0.3) is 0 Å². The van der Waals surface area contributed by atoms with Crippen molar-refractivity contribution in [3.63, 3.8) is 0 Å². The van der Waals surface area contributed by atoms with E-state index in [0.717, 1.165) is 19.6 Å². The van der Waals surface area contributed by atoms with Crippen LogP contribution in [0.2, 0.25) is 5.02 Å². The third kappa shape index (κ3) is 3.70. The van der Waals surface area contributed by atoms with Gasteiger partial charge in [-0.3, -0.25) is 0 Å². The molecule has 0 atom stereocenters. The Morgan fingerprint density at radius 1 is 1.42 bits per heavy atom. The highest BCUT2D eigenvalue weighted by Crippen LogP contribution is 2.31. The Morgan fingerprint density at radius 2 is 2.11 bits per heavy atom. The number of nitrogens with zero attached hydrogens (tertiary/aromatic N) is 3. The predicted octanol–water partition coefficient (Wildman–Crippen LogP) is 2.32. The molecule has 1 aromatic heterocycles. The van der Waals surface area contributed by atoms with E-state index >= 15 is 0 Å². The number of rotatable bonds is 4. The highest BCUT2D eigenvalue weighted by molar-refractivity contribution is 6.32. The number of piperidine rings is 1. The highest BCUT2D eigenvalue weighted by Gasteiger charge is 2.28. The molecule has 0 unspecified atom stereocenters. The van der Waals surface area contributed by atoms with Gasteiger partial charge in [-0.25, -0.2) is 4.98 Å². The molecule has 2 rings (SSSR count). The summed E-state index contributed by atoms with van der Waals surface area (Å²) >= 11 is 6.12. The van der Waals surface area contributed by atoms with Crippen LogP contribution in [0.4, 0.5) is 11.8 Å². The minimum Gasteiger partial charge on any atom is -0.368 e. The Balaban J connectivity index is 1.98. The lowest BCUT2D eigenvalue weighted by Gasteiger charge is -2.38. The molecule has 0 aliphatic carbocycles. The Bertz CT molecular complexity index is 429. The normalized spacial score (nSPS) is 19.2. The third-order valence-electron chi connectivity index (χ3n) is 3.84. The molecule has 0 aromatic carbocycles. The Kier molecular flexibility index (Phi) is 4.47. The average molecular weight is 284 g/mol. The van der Waals surface area contributed by atoms with Gasteiger partial charge in [0.25, 0.3) is 0 Å². The van der Waals surface area contributed by atoms with Crippen LogP contribution in [0.5, 0.6) is 0 Å². The van der Waals surface area contributed by atoms with Gasteiger partial charge in [0, 0.05) is 13.6 Å². The van der Waals surface area contributed by atoms with Gasteiger partial charge in [-0.05, 0) is 38.4 Å². The molecule has 0 saturated carbocycles. The zero-order valence-electron chi connectivity index (χ0n) is 11.8. The van der Waals surface area contributed by atoms with Crippen molar-refractivity contribution in [3.8, 4) is 0 Å². The number of likely N-dealkylation sites (tertiary alicyclic amines) is 1. The molecule has 5 nitrogen and oxygen atoms in total. The quantitative estimate of drug-likeness (QED) is 0.888. The lowest BCUT2D eigenvalue weighted by Crippen LogP contribution is -2.40. The fourth-order valence-corrected chi connectivity index (χ4v) is 2.40. The molecular weight excluding hydrogens is 262 g/mol. The van der Waals surface area contributed by atoms with Crippen LogP contribution in [0, 0.1) is 5.41 Å². The van der Waals surface area contributed by atoms with E-state index in [-0.39, 0.29) is 0 Å². The second-order valence-corrected chi connectivity index (χ2v) is 6.01. The molecule has 2 heterocycles. The van der Waals surface area contributed by atoms with Gasteiger partial charge in [-0.2, -0.15) is 4.98 Å². The van der Waals surface area contributed by atoms with E-state index in [0.29, 0.717) is 22.2 Å². The highest BCUT2D eigenvalue weighted by atomic mass is 35.5. The molecule has 6 heteroatoms. The van der Waals surface area contributed by atoms with Crippen molar-refractivity contribution in [2.45, 2.75) is 19.8 Å². The van der Waals surface area contributed by atoms with Crippen molar-refractivity contribution >= 4 is 23.4 Å². The van der Waals surface area contributed by atoms with Gasteiger partial charge < -0.3 is 15.5 Å². The maximum absolute atomic E-state index is 6.12. The number of hydrogen-bond donors (Lipinski definition) is 2. The number of anilines is 2. The van der Waals surface area contributed by atoms with Gasteiger partial charge in [0.05, 0.1) is 6.20 Å². The maximum atomic E-state index is 6.12. The van der Waals surface area contributed by atoms with Crippen LogP contribution in [0.15, 0.2) is 6.20 Å². The molecule has 1 aliphatic rings. The second-order valence-electron chi connectivity index (χ2n) is 5.61. The van der Waals surface area contributed by atoms with Gasteiger partial charge in [0.2, 0.25) is 5.95 Å². The summed E-state index contributed by atoms with van der Waals surface area (Å²) in [5.74, 6) is 1.29. The monoisotopic (exact) mass is 283 g/mol. The van der Waals surface area contributed by atoms with Crippen molar-refractivity contribution in [1.82, 2.24) is 14.9 Å². The lowest BCUT2D eigenvalue weighted by molar-refractivity contribution is 0.150. The minimum absolute atomic E-state index is 0.306. The molecule has 1 fully saturated rings. The Hall–Kier alpha value is -1.07. The molecule has 1 saturated heterocycles. The summed E-state index contributed by atoms with van der Waals surface area (Å²) in [5.41, 5.74) is 0.306. The van der Waals surface area contributed by atoms with Crippen LogP contribution >= 0.6 is 11.6 Å². The van der Waals surface area contributed by atoms with Crippen molar-refractivity contribution in [2.24, 2.45) is 5.41 Å². The molecule has 0 amide bonds. The molecule has 19 heavy (non-hydrogen) atoms. The molecule has 0 radical (unpaired) electrons. The molecule has 0 spiro atoms. The van der Waals surface area contributed by atoms with Crippen molar-refractivity contribution in [3.05, 3.63) is 11.2 Å². The molecule has 2 N–H and O–H groups in total. The van der Waals surface area contributed by atoms with Crippen molar-refractivity contribution in [2.75, 3.05) is 44.4 Å². The average Bonchev–Trinajstić information content (AvgIpc) is 2.42. The fraction of sp³-hybridized carbons (Fsp3) is 0.692. The summed E-state index contributed by atoms with van der Waals surface area (Å²) in [6, 6.07) is 0. The summed E-state index contributed by atoms with van der Waals surface area (Å²) in [4.78, 5) is 10.8. The number of hydrogen-bond acceptors (Lipinski definition) is 5. The zero-order valence-corrected chi connectivity index (χ0v) is 12.6. The fourth-order valence-electron chi connectivity index (χ4n) is 2.24. The summed E-state index contributed by atoms with van der Waals surface area (Å²) in [7, 11) is 3.97. The first-order valence-electron chi connectivity index (χ1n) is 6.65. The van der Waals surface area contributed by atoms with E-state index in [4.69, 9.17) is 11.6 Å². The van der Waals surface area contributed by atoms with E-state index in [9.17, 15) is 0 Å². The Labute approximate surface area is 119 Å². The largest absolute Gasteiger partial charge is 0.368 e. The number of halogens is 1. The first-order chi connectivity index (χ1) is 9.02. The van der Waals surface area contributed by atoms with Crippen LogP contribution in [-0.4, -0.2) is 48.6 Å². The summed E-state index contributed by atoms with van der Waals surface area (Å²) in [6.45, 7) is 5.51. The maximum Gasteiger partial charge on any atom is 0.224 e. The molecule has 0 bridgehead atoms. The van der Waals surface area contributed by atoms with Crippen LogP contribution in [0.1, 0.15) is 19.8 Å². The summed E-state index contributed by atoms with van der Waals surface area (Å²) in [6.07, 6.45) is 4.01. The molecule has 1 aromatic rings. The van der Waals surface area contributed by atoms with Crippen LogP contribution < -0.4 is 10.6 Å². The van der Waals surface area contributed by atoms with Crippen molar-refractivity contribution < 1.29 is 0 Å². The third-order valence-corrected chi connectivity index (χ3v) is 4.12. The van der Waals surface area contributed by atoms with Crippen molar-refractivity contribution in [1.29, 1.82) is 0 Å². The first kappa shape index (κ1) is 14.3.